The zero-order valence-electron chi connectivity index (χ0n) is 10.3. The Bertz CT molecular complexity index is 451. The van der Waals surface area contributed by atoms with Gasteiger partial charge in [0.1, 0.15) is 0 Å². The van der Waals surface area contributed by atoms with E-state index in [-0.39, 0.29) is 12.0 Å². The summed E-state index contributed by atoms with van der Waals surface area (Å²) in [7, 11) is 0. The summed E-state index contributed by atoms with van der Waals surface area (Å²) in [6.45, 7) is 4.76. The Morgan fingerprint density at radius 2 is 2.12 bits per heavy atom. The Hall–Kier alpha value is -1.09. The minimum Gasteiger partial charge on any atom is -0.313 e. The van der Waals surface area contributed by atoms with Crippen molar-refractivity contribution < 1.29 is 4.79 Å². The molecule has 0 N–H and O–H groups in total. The number of hydrogen-bond acceptors (Lipinski definition) is 2. The molecule has 0 radical (unpaired) electrons. The van der Waals surface area contributed by atoms with Crippen molar-refractivity contribution >= 4 is 16.8 Å². The fourth-order valence-electron chi connectivity index (χ4n) is 1.73. The van der Waals surface area contributed by atoms with Gasteiger partial charge in [0.15, 0.2) is 0 Å². The summed E-state index contributed by atoms with van der Waals surface area (Å²) in [5.41, 5.74) is 1.64. The van der Waals surface area contributed by atoms with Gasteiger partial charge >= 0.3 is 0 Å². The van der Waals surface area contributed by atoms with Crippen molar-refractivity contribution in [2.45, 2.75) is 46.1 Å². The molecule has 0 aromatic carbocycles. The molecule has 0 aliphatic rings. The van der Waals surface area contributed by atoms with E-state index in [0.717, 1.165) is 25.1 Å². The van der Waals surface area contributed by atoms with Crippen LogP contribution in [0.1, 0.15) is 37.4 Å². The number of unbranched alkanes of at least 4 members (excludes halogenated alkanes) is 1. The lowest BCUT2D eigenvalue weighted by Crippen LogP contribution is -2.25. The van der Waals surface area contributed by atoms with Crippen LogP contribution in [0.15, 0.2) is 16.9 Å². The zero-order chi connectivity index (χ0) is 12.8. The van der Waals surface area contributed by atoms with Crippen molar-refractivity contribution in [2.75, 3.05) is 0 Å². The molecular formula is C13H18ClNO2. The van der Waals surface area contributed by atoms with Crippen LogP contribution < -0.4 is 5.56 Å². The standard InChI is InChI=1S/C13H18ClNO2/c1-3-4-9-15-10(2)5-6-11(13(15)17)7-8-12(14)16/h5-6H,3-4,7-9H2,1-2H3. The van der Waals surface area contributed by atoms with E-state index in [1.807, 2.05) is 13.0 Å². The van der Waals surface area contributed by atoms with Crippen LogP contribution >= 0.6 is 11.6 Å². The van der Waals surface area contributed by atoms with Crippen LogP contribution in [0.4, 0.5) is 0 Å². The smallest absolute Gasteiger partial charge is 0.253 e. The van der Waals surface area contributed by atoms with Crippen molar-refractivity contribution in [1.82, 2.24) is 4.57 Å². The molecular weight excluding hydrogens is 238 g/mol. The van der Waals surface area contributed by atoms with Crippen molar-refractivity contribution in [3.8, 4) is 0 Å². The Labute approximate surface area is 106 Å². The maximum Gasteiger partial charge on any atom is 0.253 e. The summed E-state index contributed by atoms with van der Waals surface area (Å²) < 4.78 is 1.78. The predicted molar refractivity (Wildman–Crippen MR) is 69.5 cm³/mol. The molecule has 0 atom stereocenters. The highest BCUT2D eigenvalue weighted by Crippen LogP contribution is 2.04. The fraction of sp³-hybridized carbons (Fsp3) is 0.538. The summed E-state index contributed by atoms with van der Waals surface area (Å²) in [5, 5.41) is -0.398. The van der Waals surface area contributed by atoms with Gasteiger partial charge in [-0.15, -0.1) is 0 Å². The van der Waals surface area contributed by atoms with Gasteiger partial charge in [-0.2, -0.15) is 0 Å². The fourth-order valence-corrected chi connectivity index (χ4v) is 1.83. The van der Waals surface area contributed by atoms with E-state index < -0.39 is 5.24 Å². The van der Waals surface area contributed by atoms with Gasteiger partial charge in [0.2, 0.25) is 5.24 Å². The molecule has 1 aromatic rings. The van der Waals surface area contributed by atoms with Gasteiger partial charge < -0.3 is 4.57 Å². The molecule has 1 rings (SSSR count). The van der Waals surface area contributed by atoms with E-state index in [1.54, 1.807) is 10.6 Å². The molecule has 0 fully saturated rings. The second-order valence-electron chi connectivity index (χ2n) is 4.17. The van der Waals surface area contributed by atoms with E-state index in [2.05, 4.69) is 6.92 Å². The number of carbonyl (C=O) groups is 1. The zero-order valence-corrected chi connectivity index (χ0v) is 11.1. The van der Waals surface area contributed by atoms with E-state index in [1.165, 1.54) is 0 Å². The van der Waals surface area contributed by atoms with Crippen LogP contribution in [0.3, 0.4) is 0 Å². The number of pyridine rings is 1. The van der Waals surface area contributed by atoms with Crippen molar-refractivity contribution in [2.24, 2.45) is 0 Å². The van der Waals surface area contributed by atoms with E-state index in [0.29, 0.717) is 12.0 Å². The van der Waals surface area contributed by atoms with Crippen LogP contribution in [0.25, 0.3) is 0 Å². The molecule has 1 aromatic heterocycles. The lowest BCUT2D eigenvalue weighted by Gasteiger charge is -2.11. The van der Waals surface area contributed by atoms with Gasteiger partial charge in [-0.25, -0.2) is 0 Å². The summed E-state index contributed by atoms with van der Waals surface area (Å²) in [6.07, 6.45) is 2.68. The first-order valence-electron chi connectivity index (χ1n) is 5.94. The number of rotatable bonds is 6. The lowest BCUT2D eigenvalue weighted by atomic mass is 10.1. The maximum atomic E-state index is 12.1. The molecule has 0 unspecified atom stereocenters. The second-order valence-corrected chi connectivity index (χ2v) is 4.59. The highest BCUT2D eigenvalue weighted by Gasteiger charge is 2.07. The summed E-state index contributed by atoms with van der Waals surface area (Å²) in [4.78, 5) is 22.8. The Kier molecular flexibility index (Phi) is 5.42. The van der Waals surface area contributed by atoms with Crippen molar-refractivity contribution in [1.29, 1.82) is 0 Å². The monoisotopic (exact) mass is 255 g/mol. The van der Waals surface area contributed by atoms with E-state index in [9.17, 15) is 9.59 Å². The SMILES string of the molecule is CCCCn1c(C)ccc(CCC(=O)Cl)c1=O. The molecule has 4 heteroatoms. The second kappa shape index (κ2) is 6.60. The average molecular weight is 256 g/mol. The van der Waals surface area contributed by atoms with Gasteiger partial charge in [0.25, 0.3) is 5.56 Å². The van der Waals surface area contributed by atoms with Gasteiger partial charge in [-0.05, 0) is 37.4 Å². The van der Waals surface area contributed by atoms with Crippen LogP contribution in [-0.4, -0.2) is 9.81 Å². The summed E-state index contributed by atoms with van der Waals surface area (Å²) in [6, 6.07) is 3.71. The highest BCUT2D eigenvalue weighted by atomic mass is 35.5. The largest absolute Gasteiger partial charge is 0.313 e. The predicted octanol–water partition coefficient (Wildman–Crippen LogP) is 2.65. The molecule has 0 bridgehead atoms. The third-order valence-corrected chi connectivity index (χ3v) is 2.99. The van der Waals surface area contributed by atoms with Gasteiger partial charge in [0.05, 0.1) is 0 Å². The highest BCUT2D eigenvalue weighted by molar-refractivity contribution is 6.63. The van der Waals surface area contributed by atoms with Crippen LogP contribution in [0.2, 0.25) is 0 Å². The molecule has 1 heterocycles. The molecule has 17 heavy (non-hydrogen) atoms. The Morgan fingerprint density at radius 1 is 1.41 bits per heavy atom. The molecule has 0 saturated heterocycles. The van der Waals surface area contributed by atoms with Crippen molar-refractivity contribution in [3.63, 3.8) is 0 Å². The first-order chi connectivity index (χ1) is 8.06. The number of halogens is 1. The molecule has 0 aliphatic carbocycles. The number of hydrogen-bond donors (Lipinski definition) is 0. The van der Waals surface area contributed by atoms with E-state index in [4.69, 9.17) is 11.6 Å². The van der Waals surface area contributed by atoms with Gasteiger partial charge in [0, 0.05) is 24.2 Å². The summed E-state index contributed by atoms with van der Waals surface area (Å²) in [5.74, 6) is 0. The third kappa shape index (κ3) is 4.00. The molecule has 0 spiro atoms. The minimum atomic E-state index is -0.398. The average Bonchev–Trinajstić information content (AvgIpc) is 2.27. The minimum absolute atomic E-state index is 0.0105. The quantitative estimate of drug-likeness (QED) is 0.733. The van der Waals surface area contributed by atoms with Gasteiger partial charge in [-0.1, -0.05) is 19.4 Å². The van der Waals surface area contributed by atoms with Gasteiger partial charge in [-0.3, -0.25) is 9.59 Å². The van der Waals surface area contributed by atoms with Crippen LogP contribution in [0.5, 0.6) is 0 Å². The maximum absolute atomic E-state index is 12.1. The Morgan fingerprint density at radius 3 is 2.71 bits per heavy atom. The number of aromatic nitrogens is 1. The number of carbonyl (C=O) groups excluding carboxylic acids is 1. The molecule has 0 saturated carbocycles. The Balaban J connectivity index is 2.93. The molecule has 94 valence electrons. The van der Waals surface area contributed by atoms with Crippen molar-refractivity contribution in [3.05, 3.63) is 33.7 Å². The van der Waals surface area contributed by atoms with Crippen LogP contribution in [0, 0.1) is 6.92 Å². The molecule has 0 amide bonds. The number of nitrogens with zero attached hydrogens (tertiary/aromatic N) is 1. The topological polar surface area (TPSA) is 39.1 Å². The van der Waals surface area contributed by atoms with Crippen LogP contribution in [-0.2, 0) is 17.8 Å². The lowest BCUT2D eigenvalue weighted by molar-refractivity contribution is -0.111. The molecule has 3 nitrogen and oxygen atoms in total. The third-order valence-electron chi connectivity index (χ3n) is 2.80. The normalized spacial score (nSPS) is 10.5. The number of aryl methyl sites for hydroxylation is 2. The van der Waals surface area contributed by atoms with E-state index >= 15 is 0 Å². The first kappa shape index (κ1) is 14.0. The first-order valence-corrected chi connectivity index (χ1v) is 6.31. The summed E-state index contributed by atoms with van der Waals surface area (Å²) >= 11 is 5.29. The molecule has 0 aliphatic heterocycles.